The first-order valence-corrected chi connectivity index (χ1v) is 5.26. The standard InChI is InChI=1S/C10H12N4O4/c11-5-10(3-6(16)7(4-15)18-10)14-2-1-8(12)13-9(14)17/h1-2,6-7,15-16H,3-4H2,(H2,12,13,17)/t6-,7+,10-/m0/s1. The molecule has 4 N–H and O–H groups in total. The highest BCUT2D eigenvalue weighted by molar-refractivity contribution is 5.24. The highest BCUT2D eigenvalue weighted by atomic mass is 16.6. The highest BCUT2D eigenvalue weighted by Crippen LogP contribution is 2.33. The minimum absolute atomic E-state index is 0.0293. The van der Waals surface area contributed by atoms with Gasteiger partial charge in [0.15, 0.2) is 0 Å². The zero-order valence-electron chi connectivity index (χ0n) is 9.35. The number of ether oxygens (including phenoxy) is 1. The van der Waals surface area contributed by atoms with E-state index in [-0.39, 0.29) is 12.2 Å². The molecule has 8 nitrogen and oxygen atoms in total. The second kappa shape index (κ2) is 4.38. The van der Waals surface area contributed by atoms with E-state index in [1.54, 1.807) is 0 Å². The van der Waals surface area contributed by atoms with Gasteiger partial charge < -0.3 is 20.7 Å². The van der Waals surface area contributed by atoms with Crippen molar-refractivity contribution in [2.45, 2.75) is 24.4 Å². The van der Waals surface area contributed by atoms with Crippen LogP contribution in [-0.2, 0) is 10.5 Å². The Morgan fingerprint density at radius 1 is 1.78 bits per heavy atom. The predicted molar refractivity (Wildman–Crippen MR) is 59.1 cm³/mol. The van der Waals surface area contributed by atoms with Gasteiger partial charge in [0.1, 0.15) is 18.0 Å². The molecule has 1 aromatic heterocycles. The Kier molecular flexibility index (Phi) is 3.04. The molecule has 2 rings (SSSR count). The first-order chi connectivity index (χ1) is 8.52. The van der Waals surface area contributed by atoms with Crippen LogP contribution in [0.15, 0.2) is 17.1 Å². The zero-order valence-corrected chi connectivity index (χ0v) is 9.35. The number of nitriles is 1. The van der Waals surface area contributed by atoms with E-state index in [4.69, 9.17) is 15.6 Å². The van der Waals surface area contributed by atoms with E-state index >= 15 is 0 Å². The van der Waals surface area contributed by atoms with Crippen molar-refractivity contribution in [1.29, 1.82) is 5.26 Å². The van der Waals surface area contributed by atoms with Gasteiger partial charge in [-0.15, -0.1) is 0 Å². The normalized spacial score (nSPS) is 31.2. The average molecular weight is 252 g/mol. The lowest BCUT2D eigenvalue weighted by atomic mass is 10.1. The van der Waals surface area contributed by atoms with E-state index in [9.17, 15) is 15.2 Å². The molecule has 0 unspecified atom stereocenters. The Morgan fingerprint density at radius 2 is 2.50 bits per heavy atom. The van der Waals surface area contributed by atoms with Gasteiger partial charge in [0.05, 0.1) is 12.7 Å². The van der Waals surface area contributed by atoms with E-state index in [1.807, 2.05) is 6.07 Å². The van der Waals surface area contributed by atoms with Crippen LogP contribution in [0.3, 0.4) is 0 Å². The monoisotopic (exact) mass is 252 g/mol. The van der Waals surface area contributed by atoms with Crippen LogP contribution in [-0.4, -0.2) is 38.6 Å². The van der Waals surface area contributed by atoms with E-state index in [0.29, 0.717) is 0 Å². The maximum atomic E-state index is 11.7. The largest absolute Gasteiger partial charge is 0.394 e. The van der Waals surface area contributed by atoms with Crippen molar-refractivity contribution in [1.82, 2.24) is 9.55 Å². The maximum absolute atomic E-state index is 11.7. The Labute approximate surface area is 102 Å². The SMILES string of the molecule is N#C[C@]1(n2ccc(N)nc2=O)C[C@H](O)[C@@H](CO)O1. The van der Waals surface area contributed by atoms with E-state index in [2.05, 4.69) is 4.98 Å². The lowest BCUT2D eigenvalue weighted by Crippen LogP contribution is -2.41. The van der Waals surface area contributed by atoms with Crippen LogP contribution in [0, 0.1) is 11.3 Å². The summed E-state index contributed by atoms with van der Waals surface area (Å²) < 4.78 is 6.25. The summed E-state index contributed by atoms with van der Waals surface area (Å²) in [5.41, 5.74) is 2.94. The number of rotatable bonds is 2. The Balaban J connectivity index is 2.47. The summed E-state index contributed by atoms with van der Waals surface area (Å²) in [6, 6.07) is 3.19. The third-order valence-corrected chi connectivity index (χ3v) is 2.83. The molecule has 0 amide bonds. The summed E-state index contributed by atoms with van der Waals surface area (Å²) in [4.78, 5) is 15.2. The number of anilines is 1. The molecule has 96 valence electrons. The van der Waals surface area contributed by atoms with Crippen LogP contribution >= 0.6 is 0 Å². The van der Waals surface area contributed by atoms with E-state index < -0.39 is 30.2 Å². The molecule has 18 heavy (non-hydrogen) atoms. The van der Waals surface area contributed by atoms with Gasteiger partial charge in [0, 0.05) is 12.6 Å². The molecule has 1 aliphatic rings. The summed E-state index contributed by atoms with van der Waals surface area (Å²) in [5, 5.41) is 27.9. The Morgan fingerprint density at radius 3 is 3.00 bits per heavy atom. The van der Waals surface area contributed by atoms with Crippen LogP contribution in [0.25, 0.3) is 0 Å². The van der Waals surface area contributed by atoms with Crippen molar-refractivity contribution in [2.75, 3.05) is 12.3 Å². The highest BCUT2D eigenvalue weighted by Gasteiger charge is 2.48. The Bertz CT molecular complexity index is 552. The smallest absolute Gasteiger partial charge is 0.352 e. The summed E-state index contributed by atoms with van der Waals surface area (Å²) in [7, 11) is 0. The maximum Gasteiger partial charge on any atom is 0.352 e. The van der Waals surface area contributed by atoms with Crippen molar-refractivity contribution < 1.29 is 14.9 Å². The minimum atomic E-state index is -1.66. The molecule has 0 saturated carbocycles. The molecule has 0 aliphatic carbocycles. The molecule has 3 atom stereocenters. The number of hydrogen-bond acceptors (Lipinski definition) is 7. The molecule has 0 radical (unpaired) electrons. The second-order valence-corrected chi connectivity index (χ2v) is 4.01. The molecule has 1 saturated heterocycles. The number of aromatic nitrogens is 2. The molecule has 8 heteroatoms. The number of nitrogen functional groups attached to an aromatic ring is 1. The number of nitrogens with two attached hydrogens (primary N) is 1. The third kappa shape index (κ3) is 1.84. The van der Waals surface area contributed by atoms with Gasteiger partial charge in [-0.2, -0.15) is 10.2 Å². The van der Waals surface area contributed by atoms with Crippen LogP contribution in [0.2, 0.25) is 0 Å². The average Bonchev–Trinajstić information content (AvgIpc) is 2.67. The van der Waals surface area contributed by atoms with Crippen LogP contribution in [0.5, 0.6) is 0 Å². The van der Waals surface area contributed by atoms with E-state index in [0.717, 1.165) is 4.57 Å². The van der Waals surface area contributed by atoms with Crippen molar-refractivity contribution >= 4 is 5.82 Å². The molecule has 1 aromatic rings. The fourth-order valence-electron chi connectivity index (χ4n) is 1.92. The van der Waals surface area contributed by atoms with Gasteiger partial charge in [-0.3, -0.25) is 4.57 Å². The van der Waals surface area contributed by atoms with Gasteiger partial charge in [0.2, 0.25) is 5.72 Å². The topological polar surface area (TPSA) is 134 Å². The Hall–Kier alpha value is -1.95. The molecule has 1 aliphatic heterocycles. The van der Waals surface area contributed by atoms with E-state index in [1.165, 1.54) is 12.3 Å². The van der Waals surface area contributed by atoms with Crippen molar-refractivity contribution in [3.05, 3.63) is 22.7 Å². The lowest BCUT2D eigenvalue weighted by molar-refractivity contribution is -0.0847. The first-order valence-electron chi connectivity index (χ1n) is 5.26. The number of aliphatic hydroxyl groups is 2. The quantitative estimate of drug-likeness (QED) is 0.562. The number of hydrogen-bond donors (Lipinski definition) is 3. The molecule has 0 spiro atoms. The van der Waals surface area contributed by atoms with Crippen LogP contribution < -0.4 is 11.4 Å². The number of aliphatic hydroxyl groups excluding tert-OH is 2. The van der Waals surface area contributed by atoms with Crippen molar-refractivity contribution in [2.24, 2.45) is 0 Å². The molecular weight excluding hydrogens is 240 g/mol. The van der Waals surface area contributed by atoms with Crippen molar-refractivity contribution in [3.8, 4) is 6.07 Å². The third-order valence-electron chi connectivity index (χ3n) is 2.83. The van der Waals surface area contributed by atoms with Gasteiger partial charge in [-0.25, -0.2) is 4.79 Å². The summed E-state index contributed by atoms with van der Waals surface area (Å²) >= 11 is 0. The summed E-state index contributed by atoms with van der Waals surface area (Å²) in [5.74, 6) is 0.0293. The van der Waals surface area contributed by atoms with Gasteiger partial charge in [0.25, 0.3) is 0 Å². The fraction of sp³-hybridized carbons (Fsp3) is 0.500. The van der Waals surface area contributed by atoms with Crippen molar-refractivity contribution in [3.63, 3.8) is 0 Å². The molecule has 0 aromatic carbocycles. The summed E-state index contributed by atoms with van der Waals surface area (Å²) in [6.45, 7) is -0.443. The molecular formula is C10H12N4O4. The molecule has 2 heterocycles. The minimum Gasteiger partial charge on any atom is -0.394 e. The first kappa shape index (κ1) is 12.5. The van der Waals surface area contributed by atoms with Gasteiger partial charge in [-0.1, -0.05) is 0 Å². The summed E-state index contributed by atoms with van der Waals surface area (Å²) in [6.07, 6.45) is -0.783. The molecule has 1 fully saturated rings. The van der Waals surface area contributed by atoms with Crippen LogP contribution in [0.1, 0.15) is 6.42 Å². The molecule has 0 bridgehead atoms. The fourth-order valence-corrected chi connectivity index (χ4v) is 1.92. The number of nitrogens with zero attached hydrogens (tertiary/aromatic N) is 3. The lowest BCUT2D eigenvalue weighted by Gasteiger charge is -2.22. The van der Waals surface area contributed by atoms with Gasteiger partial charge in [-0.05, 0) is 6.07 Å². The van der Waals surface area contributed by atoms with Gasteiger partial charge >= 0.3 is 5.69 Å². The second-order valence-electron chi connectivity index (χ2n) is 4.01. The zero-order chi connectivity index (χ0) is 13.3. The van der Waals surface area contributed by atoms with Crippen LogP contribution in [0.4, 0.5) is 5.82 Å². The predicted octanol–water partition coefficient (Wildman–Crippen LogP) is -1.86.